The Hall–Kier alpha value is -1.06. The third-order valence-electron chi connectivity index (χ3n) is 4.44. The molecule has 1 heterocycles. The number of rotatable bonds is 6. The van der Waals surface area contributed by atoms with Crippen LogP contribution in [0.15, 0.2) is 24.3 Å². The lowest BCUT2D eigenvalue weighted by Gasteiger charge is -2.33. The molecule has 0 spiro atoms. The van der Waals surface area contributed by atoms with Gasteiger partial charge in [-0.1, -0.05) is 19.1 Å². The predicted molar refractivity (Wildman–Crippen MR) is 84.2 cm³/mol. The molecule has 0 bridgehead atoms. The van der Waals surface area contributed by atoms with Crippen LogP contribution in [-0.2, 0) is 0 Å². The van der Waals surface area contributed by atoms with E-state index in [2.05, 4.69) is 48.3 Å². The third kappa shape index (κ3) is 3.97. The van der Waals surface area contributed by atoms with E-state index in [1.807, 2.05) is 0 Å². The average Bonchev–Trinajstić information content (AvgIpc) is 2.53. The highest BCUT2D eigenvalue weighted by atomic mass is 16.5. The molecule has 112 valence electrons. The molecule has 0 saturated carbocycles. The van der Waals surface area contributed by atoms with Gasteiger partial charge < -0.3 is 10.1 Å². The lowest BCUT2D eigenvalue weighted by atomic mass is 9.97. The van der Waals surface area contributed by atoms with Gasteiger partial charge in [0, 0.05) is 12.6 Å². The number of nitrogens with one attached hydrogen (secondary N) is 1. The van der Waals surface area contributed by atoms with Crippen LogP contribution in [0.3, 0.4) is 0 Å². The van der Waals surface area contributed by atoms with Crippen LogP contribution in [0, 0.1) is 5.92 Å². The predicted octanol–water partition coefficient (Wildman–Crippen LogP) is 3.08. The fourth-order valence-corrected chi connectivity index (χ4v) is 3.07. The van der Waals surface area contributed by atoms with Crippen molar-refractivity contribution < 1.29 is 4.74 Å². The zero-order valence-electron chi connectivity index (χ0n) is 13.1. The van der Waals surface area contributed by atoms with Gasteiger partial charge in [0.05, 0.1) is 7.11 Å². The Morgan fingerprint density at radius 1 is 1.35 bits per heavy atom. The van der Waals surface area contributed by atoms with Crippen LogP contribution in [0.2, 0.25) is 0 Å². The van der Waals surface area contributed by atoms with Gasteiger partial charge in [0.25, 0.3) is 0 Å². The Morgan fingerprint density at radius 2 is 2.10 bits per heavy atom. The minimum absolute atomic E-state index is 0.466. The summed E-state index contributed by atoms with van der Waals surface area (Å²) in [5, 5.41) is 3.51. The summed E-state index contributed by atoms with van der Waals surface area (Å²) in [6.45, 7) is 9.22. The van der Waals surface area contributed by atoms with Crippen molar-refractivity contribution in [3.8, 4) is 5.75 Å². The second-order valence-corrected chi connectivity index (χ2v) is 5.75. The van der Waals surface area contributed by atoms with E-state index in [1.54, 1.807) is 7.11 Å². The summed E-state index contributed by atoms with van der Waals surface area (Å²) >= 11 is 0. The lowest BCUT2D eigenvalue weighted by molar-refractivity contribution is 0.171. The molecule has 3 heteroatoms. The Labute approximate surface area is 123 Å². The summed E-state index contributed by atoms with van der Waals surface area (Å²) in [4.78, 5) is 2.58. The van der Waals surface area contributed by atoms with Crippen molar-refractivity contribution in [1.82, 2.24) is 10.2 Å². The highest BCUT2D eigenvalue weighted by molar-refractivity contribution is 5.28. The van der Waals surface area contributed by atoms with Crippen molar-refractivity contribution in [2.24, 2.45) is 5.92 Å². The Balaban J connectivity index is 1.97. The monoisotopic (exact) mass is 276 g/mol. The molecule has 1 aromatic rings. The van der Waals surface area contributed by atoms with Crippen LogP contribution < -0.4 is 10.1 Å². The molecule has 1 fully saturated rings. The molecule has 1 aliphatic rings. The summed E-state index contributed by atoms with van der Waals surface area (Å²) in [7, 11) is 1.72. The van der Waals surface area contributed by atoms with Gasteiger partial charge in [-0.25, -0.2) is 0 Å². The molecular formula is C17H28N2O. The molecule has 0 radical (unpaired) electrons. The van der Waals surface area contributed by atoms with E-state index in [9.17, 15) is 0 Å². The number of hydrogen-bond acceptors (Lipinski definition) is 3. The number of hydrogen-bond donors (Lipinski definition) is 1. The maximum atomic E-state index is 5.24. The molecule has 2 unspecified atom stereocenters. The van der Waals surface area contributed by atoms with Crippen molar-refractivity contribution in [2.75, 3.05) is 33.3 Å². The standard InChI is InChI=1S/C17H28N2O/c1-4-19(13-15-6-5-11-18-12-15)14(2)16-7-9-17(20-3)10-8-16/h7-10,14-15,18H,4-6,11-13H2,1-3H3. The van der Waals surface area contributed by atoms with Crippen LogP contribution in [0.1, 0.15) is 38.3 Å². The summed E-state index contributed by atoms with van der Waals surface area (Å²) in [6.07, 6.45) is 2.68. The maximum absolute atomic E-state index is 5.24. The summed E-state index contributed by atoms with van der Waals surface area (Å²) in [5.74, 6) is 1.73. The molecule has 1 aromatic carbocycles. The summed E-state index contributed by atoms with van der Waals surface area (Å²) in [6, 6.07) is 8.95. The first-order chi connectivity index (χ1) is 9.74. The van der Waals surface area contributed by atoms with E-state index in [1.165, 1.54) is 38.0 Å². The average molecular weight is 276 g/mol. The van der Waals surface area contributed by atoms with E-state index in [0.29, 0.717) is 6.04 Å². The SMILES string of the molecule is CCN(CC1CCCNC1)C(C)c1ccc(OC)cc1. The molecule has 2 rings (SSSR count). The van der Waals surface area contributed by atoms with E-state index in [4.69, 9.17) is 4.74 Å². The molecule has 20 heavy (non-hydrogen) atoms. The molecule has 3 nitrogen and oxygen atoms in total. The molecule has 1 saturated heterocycles. The van der Waals surface area contributed by atoms with E-state index < -0.39 is 0 Å². The van der Waals surface area contributed by atoms with Gasteiger partial charge in [0.1, 0.15) is 5.75 Å². The van der Waals surface area contributed by atoms with Gasteiger partial charge in [-0.3, -0.25) is 4.90 Å². The fourth-order valence-electron chi connectivity index (χ4n) is 3.07. The van der Waals surface area contributed by atoms with Gasteiger partial charge in [-0.2, -0.15) is 0 Å². The molecule has 1 aliphatic heterocycles. The van der Waals surface area contributed by atoms with Gasteiger partial charge in [-0.05, 0) is 63.0 Å². The van der Waals surface area contributed by atoms with Crippen molar-refractivity contribution in [3.63, 3.8) is 0 Å². The molecule has 2 atom stereocenters. The third-order valence-corrected chi connectivity index (χ3v) is 4.44. The highest BCUT2D eigenvalue weighted by Gasteiger charge is 2.20. The zero-order chi connectivity index (χ0) is 14.4. The first-order valence-corrected chi connectivity index (χ1v) is 7.83. The number of methoxy groups -OCH3 is 1. The minimum Gasteiger partial charge on any atom is -0.497 e. The zero-order valence-corrected chi connectivity index (χ0v) is 13.1. The van der Waals surface area contributed by atoms with Gasteiger partial charge in [0.2, 0.25) is 0 Å². The molecule has 0 amide bonds. The van der Waals surface area contributed by atoms with Crippen LogP contribution in [0.5, 0.6) is 5.75 Å². The number of ether oxygens (including phenoxy) is 1. The van der Waals surface area contributed by atoms with Crippen molar-refractivity contribution in [2.45, 2.75) is 32.7 Å². The largest absolute Gasteiger partial charge is 0.497 e. The van der Waals surface area contributed by atoms with Crippen LogP contribution in [0.4, 0.5) is 0 Å². The smallest absolute Gasteiger partial charge is 0.118 e. The fraction of sp³-hybridized carbons (Fsp3) is 0.647. The quantitative estimate of drug-likeness (QED) is 0.864. The van der Waals surface area contributed by atoms with E-state index in [-0.39, 0.29) is 0 Å². The first kappa shape index (κ1) is 15.3. The molecule has 0 aliphatic carbocycles. The topological polar surface area (TPSA) is 24.5 Å². The first-order valence-electron chi connectivity index (χ1n) is 7.83. The Morgan fingerprint density at radius 3 is 2.65 bits per heavy atom. The van der Waals surface area contributed by atoms with E-state index >= 15 is 0 Å². The van der Waals surface area contributed by atoms with Crippen LogP contribution in [-0.4, -0.2) is 38.2 Å². The van der Waals surface area contributed by atoms with Gasteiger partial charge >= 0.3 is 0 Å². The van der Waals surface area contributed by atoms with E-state index in [0.717, 1.165) is 18.2 Å². The minimum atomic E-state index is 0.466. The molecule has 1 N–H and O–H groups in total. The maximum Gasteiger partial charge on any atom is 0.118 e. The Bertz CT molecular complexity index is 384. The Kier molecular flexibility index (Phi) is 5.86. The summed E-state index contributed by atoms with van der Waals surface area (Å²) in [5.41, 5.74) is 1.37. The van der Waals surface area contributed by atoms with Crippen LogP contribution >= 0.6 is 0 Å². The van der Waals surface area contributed by atoms with Crippen molar-refractivity contribution in [1.29, 1.82) is 0 Å². The van der Waals surface area contributed by atoms with Gasteiger partial charge in [-0.15, -0.1) is 0 Å². The second kappa shape index (κ2) is 7.65. The van der Waals surface area contributed by atoms with Gasteiger partial charge in [0.15, 0.2) is 0 Å². The number of benzene rings is 1. The van der Waals surface area contributed by atoms with Crippen molar-refractivity contribution >= 4 is 0 Å². The normalized spacial score (nSPS) is 20.9. The summed E-state index contributed by atoms with van der Waals surface area (Å²) < 4.78 is 5.24. The van der Waals surface area contributed by atoms with Crippen molar-refractivity contribution in [3.05, 3.63) is 29.8 Å². The highest BCUT2D eigenvalue weighted by Crippen LogP contribution is 2.24. The molecule has 0 aromatic heterocycles. The number of piperidine rings is 1. The second-order valence-electron chi connectivity index (χ2n) is 5.75. The number of nitrogens with zero attached hydrogens (tertiary/aromatic N) is 1. The lowest BCUT2D eigenvalue weighted by Crippen LogP contribution is -2.39. The van der Waals surface area contributed by atoms with Crippen LogP contribution in [0.25, 0.3) is 0 Å². The molecular weight excluding hydrogens is 248 g/mol.